The highest BCUT2D eigenvalue weighted by molar-refractivity contribution is 8.03. The van der Waals surface area contributed by atoms with Crippen LogP contribution in [0.5, 0.6) is 0 Å². The van der Waals surface area contributed by atoms with Crippen molar-refractivity contribution in [3.63, 3.8) is 0 Å². The van der Waals surface area contributed by atoms with Crippen molar-refractivity contribution < 1.29 is 34.2 Å². The fraction of sp³-hybridized carbons (Fsp3) is 0.375. The Morgan fingerprint density at radius 3 is 2.55 bits per heavy atom. The molecule has 2 amide bonds. The van der Waals surface area contributed by atoms with Gasteiger partial charge in [0.1, 0.15) is 21.8 Å². The van der Waals surface area contributed by atoms with Crippen LogP contribution in [0.15, 0.2) is 45.2 Å². The molecule has 1 fully saturated rings. The first-order valence-corrected chi connectivity index (χ1v) is 13.8. The maximum atomic E-state index is 13.2. The predicted octanol–water partition coefficient (Wildman–Crippen LogP) is 2.35. The monoisotopic (exact) mass is 608 g/mol. The van der Waals surface area contributed by atoms with Gasteiger partial charge in [-0.2, -0.15) is 0 Å². The molecule has 1 unspecified atom stereocenters. The zero-order chi connectivity index (χ0) is 29.4. The highest BCUT2D eigenvalue weighted by Gasteiger charge is 2.56. The zero-order valence-electron chi connectivity index (χ0n) is 21.5. The van der Waals surface area contributed by atoms with Crippen molar-refractivity contribution in [2.45, 2.75) is 44.2 Å². The molecule has 16 heteroatoms. The first-order valence-electron chi connectivity index (χ1n) is 11.8. The number of aromatic nitrogens is 2. The number of β-lactam (4-membered cyclic amide) rings is 1. The van der Waals surface area contributed by atoms with Crippen LogP contribution in [0.2, 0.25) is 4.34 Å². The lowest BCUT2D eigenvalue weighted by atomic mass is 9.81. The van der Waals surface area contributed by atoms with Crippen LogP contribution in [0.3, 0.4) is 0 Å². The lowest BCUT2D eigenvalue weighted by Crippen LogP contribution is -2.72. The molecule has 0 bridgehead atoms. The van der Waals surface area contributed by atoms with Crippen LogP contribution >= 0.6 is 34.7 Å². The molecule has 0 aromatic carbocycles. The maximum Gasteiger partial charge on any atom is 0.353 e. The lowest BCUT2D eigenvalue weighted by molar-refractivity contribution is -0.159. The number of fused-ring (bicyclic) bond motifs is 1. The van der Waals surface area contributed by atoms with Gasteiger partial charge in [0.25, 0.3) is 11.8 Å². The Hall–Kier alpha value is -3.69. The molecule has 0 radical (unpaired) electrons. The number of nitrogens with zero attached hydrogens (tertiary/aromatic N) is 4. The molecule has 3 atom stereocenters. The summed E-state index contributed by atoms with van der Waals surface area (Å²) in [6, 6.07) is 1.45. The van der Waals surface area contributed by atoms with Crippen molar-refractivity contribution in [3.05, 3.63) is 45.2 Å². The molecule has 40 heavy (non-hydrogen) atoms. The minimum absolute atomic E-state index is 0.00859. The number of carbonyl (C=O) groups excluding carboxylic acids is 3. The summed E-state index contributed by atoms with van der Waals surface area (Å²) in [6.45, 7) is 4.95. The molecule has 2 aliphatic rings. The standard InChI is InChI=1S/C24H25ClN6O7S2/c1-24(2,3)22(36)38-9-10-8-12-13(28-19(32)15(30-37)14-18(25)40-23(26)29-14)20(33)31(12)16(21(34)35)17(10)39-11-4-6-27-7-5-11/h4-7,10,12-13,37H,8-9H2,1-3H3,(H2,26,29)(H,28,32)(H,34,35)/t10?,12-,13+/m1/s1. The summed E-state index contributed by atoms with van der Waals surface area (Å²) in [6.07, 6.45) is 3.27. The number of esters is 1. The summed E-state index contributed by atoms with van der Waals surface area (Å²) in [4.78, 5) is 61.2. The molecular formula is C24H25ClN6O7S2. The average molecular weight is 609 g/mol. The molecule has 4 heterocycles. The van der Waals surface area contributed by atoms with Gasteiger partial charge >= 0.3 is 11.9 Å². The maximum absolute atomic E-state index is 13.2. The molecule has 212 valence electrons. The first kappa shape index (κ1) is 29.3. The third kappa shape index (κ3) is 5.76. The second-order valence-corrected chi connectivity index (χ2v) is 12.7. The molecule has 0 saturated carbocycles. The van der Waals surface area contributed by atoms with E-state index in [9.17, 15) is 29.5 Å². The third-order valence-electron chi connectivity index (χ3n) is 6.13. The fourth-order valence-electron chi connectivity index (χ4n) is 4.21. The predicted molar refractivity (Wildman–Crippen MR) is 146 cm³/mol. The number of aliphatic carboxylic acids is 1. The minimum Gasteiger partial charge on any atom is -0.477 e. The van der Waals surface area contributed by atoms with Gasteiger partial charge in [-0.05, 0) is 39.3 Å². The van der Waals surface area contributed by atoms with E-state index in [1.165, 1.54) is 0 Å². The van der Waals surface area contributed by atoms with E-state index in [2.05, 4.69) is 20.4 Å². The Kier molecular flexibility index (Phi) is 8.37. The van der Waals surface area contributed by atoms with Gasteiger partial charge in [-0.1, -0.05) is 39.9 Å². The molecule has 2 aliphatic heterocycles. The van der Waals surface area contributed by atoms with Crippen LogP contribution in [-0.4, -0.2) is 73.3 Å². The van der Waals surface area contributed by atoms with Crippen LogP contribution in [0.25, 0.3) is 0 Å². The number of pyridine rings is 1. The van der Waals surface area contributed by atoms with Gasteiger partial charge in [0.15, 0.2) is 10.8 Å². The summed E-state index contributed by atoms with van der Waals surface area (Å²) < 4.78 is 5.56. The Labute approximate surface area is 241 Å². The van der Waals surface area contributed by atoms with Gasteiger partial charge in [0.05, 0.1) is 18.1 Å². The van der Waals surface area contributed by atoms with E-state index in [0.29, 0.717) is 9.80 Å². The normalized spacial score (nSPS) is 21.0. The van der Waals surface area contributed by atoms with Crippen molar-refractivity contribution in [2.24, 2.45) is 16.5 Å². The van der Waals surface area contributed by atoms with E-state index in [1.54, 1.807) is 45.3 Å². The van der Waals surface area contributed by atoms with Gasteiger partial charge in [-0.25, -0.2) is 9.78 Å². The highest BCUT2D eigenvalue weighted by atomic mass is 35.5. The number of nitrogens with two attached hydrogens (primary N) is 1. The number of thiazole rings is 1. The van der Waals surface area contributed by atoms with Crippen LogP contribution in [0.4, 0.5) is 5.13 Å². The Morgan fingerprint density at radius 2 is 2.00 bits per heavy atom. The number of hydrogen-bond donors (Lipinski definition) is 4. The number of carboxylic acids is 1. The number of carbonyl (C=O) groups is 4. The Bertz CT molecular complexity index is 1420. The topological polar surface area (TPSA) is 197 Å². The van der Waals surface area contributed by atoms with Crippen LogP contribution < -0.4 is 11.1 Å². The highest BCUT2D eigenvalue weighted by Crippen LogP contribution is 2.46. The molecule has 1 saturated heterocycles. The number of rotatable bonds is 8. The Morgan fingerprint density at radius 1 is 1.32 bits per heavy atom. The second-order valence-electron chi connectivity index (χ2n) is 9.93. The number of amides is 2. The number of thioether (sulfide) groups is 1. The molecule has 5 N–H and O–H groups in total. The van der Waals surface area contributed by atoms with Gasteiger partial charge < -0.3 is 26.1 Å². The van der Waals surface area contributed by atoms with E-state index >= 15 is 0 Å². The van der Waals surface area contributed by atoms with E-state index < -0.39 is 52.9 Å². The molecule has 4 rings (SSSR count). The zero-order valence-corrected chi connectivity index (χ0v) is 23.8. The van der Waals surface area contributed by atoms with Gasteiger partial charge in [0, 0.05) is 28.1 Å². The van der Waals surface area contributed by atoms with E-state index in [4.69, 9.17) is 22.1 Å². The number of nitrogen functional groups attached to an aromatic ring is 1. The van der Waals surface area contributed by atoms with E-state index in [1.807, 2.05) is 0 Å². The number of carboxylic acid groups (broad SMARTS) is 1. The number of halogens is 1. The van der Waals surface area contributed by atoms with Crippen LogP contribution in [0.1, 0.15) is 32.9 Å². The number of anilines is 1. The molecule has 0 aliphatic carbocycles. The van der Waals surface area contributed by atoms with Crippen LogP contribution in [0, 0.1) is 11.3 Å². The summed E-state index contributed by atoms with van der Waals surface area (Å²) in [5.41, 5.74) is 3.84. The molecular weight excluding hydrogens is 584 g/mol. The van der Waals surface area contributed by atoms with Gasteiger partial charge in [-0.15, -0.1) is 0 Å². The van der Waals surface area contributed by atoms with Gasteiger partial charge in [-0.3, -0.25) is 24.3 Å². The van der Waals surface area contributed by atoms with Crippen LogP contribution in [-0.2, 0) is 23.9 Å². The quantitative estimate of drug-likeness (QED) is 0.113. The minimum atomic E-state index is -1.35. The number of ether oxygens (including phenoxy) is 1. The largest absolute Gasteiger partial charge is 0.477 e. The first-order chi connectivity index (χ1) is 18.8. The van der Waals surface area contributed by atoms with Crippen molar-refractivity contribution >= 4 is 69.3 Å². The van der Waals surface area contributed by atoms with Crippen molar-refractivity contribution in [2.75, 3.05) is 12.3 Å². The van der Waals surface area contributed by atoms with E-state index in [-0.39, 0.29) is 33.9 Å². The van der Waals surface area contributed by atoms with E-state index in [0.717, 1.165) is 28.0 Å². The smallest absolute Gasteiger partial charge is 0.353 e. The molecule has 13 nitrogen and oxygen atoms in total. The number of nitrogens with one attached hydrogen (secondary N) is 1. The third-order valence-corrected chi connectivity index (χ3v) is 8.47. The van der Waals surface area contributed by atoms with Gasteiger partial charge in [0.2, 0.25) is 0 Å². The Balaban J connectivity index is 1.64. The summed E-state index contributed by atoms with van der Waals surface area (Å²) in [5, 5.41) is 25.1. The molecule has 2 aromatic heterocycles. The number of hydrogen-bond acceptors (Lipinski definition) is 12. The summed E-state index contributed by atoms with van der Waals surface area (Å²) in [5.74, 6) is -4.06. The fourth-order valence-corrected chi connectivity index (χ4v) is 6.27. The van der Waals surface area contributed by atoms with Crippen molar-refractivity contribution in [3.8, 4) is 0 Å². The number of oxime groups is 1. The SMILES string of the molecule is CC(C)(C)C(=O)OCC1C[C@@H]2[C@H](NC(=O)C(=NO)c3nc(N)sc3Cl)C(=O)N2C(C(=O)O)=C1Sc1ccncc1. The lowest BCUT2D eigenvalue weighted by Gasteiger charge is -2.51. The average Bonchev–Trinajstić information content (AvgIpc) is 3.23. The van der Waals surface area contributed by atoms with Crippen molar-refractivity contribution in [1.29, 1.82) is 0 Å². The summed E-state index contributed by atoms with van der Waals surface area (Å²) in [7, 11) is 0. The van der Waals surface area contributed by atoms with Crippen molar-refractivity contribution in [1.82, 2.24) is 20.2 Å². The summed E-state index contributed by atoms with van der Waals surface area (Å²) >= 11 is 8.05. The molecule has 2 aromatic rings. The molecule has 0 spiro atoms. The second kappa shape index (κ2) is 11.4.